The second-order valence-corrected chi connectivity index (χ2v) is 12.5. The van der Waals surface area contributed by atoms with Crippen LogP contribution in [0, 0.1) is 11.8 Å². The SMILES string of the molecule is COC(=O)[C@]12Oc3ccc(-c4ccc5c(c4O)C(=O)C4(O)C(=O)C[C@@H](C)[C@H](O)[C@@]4(C(=O)OC)O5)c(O)c3C(=O)C1(O)C(=O)C[C@@H](C)[C@@H]2O. The Kier molecular flexibility index (Phi) is 7.08. The van der Waals surface area contributed by atoms with Gasteiger partial charge >= 0.3 is 11.9 Å². The van der Waals surface area contributed by atoms with Gasteiger partial charge in [0.15, 0.2) is 11.6 Å². The average Bonchev–Trinajstić information content (AvgIpc) is 3.05. The molecular weight excluding hydrogens is 640 g/mol. The van der Waals surface area contributed by atoms with Gasteiger partial charge < -0.3 is 49.6 Å². The number of methoxy groups -OCH3 is 2. The number of ether oxygens (including phenoxy) is 4. The van der Waals surface area contributed by atoms with Crippen molar-refractivity contribution in [2.45, 2.75) is 61.3 Å². The van der Waals surface area contributed by atoms with Gasteiger partial charge in [-0.15, -0.1) is 0 Å². The number of rotatable bonds is 3. The Balaban J connectivity index is 1.54. The Morgan fingerprint density at radius 3 is 1.33 bits per heavy atom. The minimum Gasteiger partial charge on any atom is -0.506 e. The van der Waals surface area contributed by atoms with Crippen molar-refractivity contribution in [3.63, 3.8) is 0 Å². The smallest absolute Gasteiger partial charge is 0.357 e. The lowest BCUT2D eigenvalue weighted by molar-refractivity contribution is -0.219. The molecule has 0 aromatic heterocycles. The molecule has 16 heteroatoms. The summed E-state index contributed by atoms with van der Waals surface area (Å²) in [5, 5.41) is 68.1. The van der Waals surface area contributed by atoms with Gasteiger partial charge in [0.05, 0.1) is 14.2 Å². The van der Waals surface area contributed by atoms with Crippen LogP contribution in [-0.4, -0.2) is 115 Å². The quantitative estimate of drug-likeness (QED) is 0.171. The molecule has 6 N–H and O–H groups in total. The number of phenols is 2. The monoisotopic (exact) mass is 670 g/mol. The molecule has 0 radical (unpaired) electrons. The summed E-state index contributed by atoms with van der Waals surface area (Å²) in [5.74, 6) is -13.4. The van der Waals surface area contributed by atoms with E-state index in [-0.39, 0.29) is 0 Å². The summed E-state index contributed by atoms with van der Waals surface area (Å²) in [6, 6.07) is 4.19. The molecule has 2 aliphatic heterocycles. The van der Waals surface area contributed by atoms with Crippen molar-refractivity contribution in [1.82, 2.24) is 0 Å². The minimum atomic E-state index is -3.36. The van der Waals surface area contributed by atoms with Crippen LogP contribution in [0.5, 0.6) is 23.0 Å². The Hall–Kier alpha value is -4.90. The van der Waals surface area contributed by atoms with Gasteiger partial charge in [-0.2, -0.15) is 0 Å². The molecule has 2 aromatic rings. The number of carbonyl (C=O) groups excluding carboxylic acids is 6. The Morgan fingerprint density at radius 2 is 1.02 bits per heavy atom. The zero-order valence-electron chi connectivity index (χ0n) is 25.8. The van der Waals surface area contributed by atoms with Crippen molar-refractivity contribution >= 4 is 35.1 Å². The third kappa shape index (κ3) is 3.52. The summed E-state index contributed by atoms with van der Waals surface area (Å²) in [4.78, 5) is 80.5. The van der Waals surface area contributed by atoms with Crippen molar-refractivity contribution in [2.24, 2.45) is 11.8 Å². The summed E-state index contributed by atoms with van der Waals surface area (Å²) in [5.41, 5.74) is -15.1. The van der Waals surface area contributed by atoms with E-state index in [0.29, 0.717) is 0 Å². The van der Waals surface area contributed by atoms with Crippen LogP contribution in [-0.2, 0) is 28.7 Å². The lowest BCUT2D eigenvalue weighted by atomic mass is 9.61. The predicted molar refractivity (Wildman–Crippen MR) is 154 cm³/mol. The first-order valence-corrected chi connectivity index (χ1v) is 14.7. The van der Waals surface area contributed by atoms with Gasteiger partial charge in [-0.3, -0.25) is 19.2 Å². The molecule has 2 aromatic carbocycles. The maximum Gasteiger partial charge on any atom is 0.357 e. The molecule has 2 saturated carbocycles. The molecule has 2 aliphatic carbocycles. The maximum absolute atomic E-state index is 14.0. The molecule has 8 atom stereocenters. The summed E-state index contributed by atoms with van der Waals surface area (Å²) < 4.78 is 20.9. The van der Waals surface area contributed by atoms with Crippen molar-refractivity contribution < 1.29 is 78.4 Å². The highest BCUT2D eigenvalue weighted by Crippen LogP contribution is 2.55. The third-order valence-electron chi connectivity index (χ3n) is 10.0. The van der Waals surface area contributed by atoms with Crippen LogP contribution in [0.1, 0.15) is 47.4 Å². The van der Waals surface area contributed by atoms with E-state index in [1.54, 1.807) is 0 Å². The standard InChI is InChI=1S/C32H30O16/c1-11-9-17(33)29(43)25(39)19-15(47-31(29,23(11)37)27(41)45-3)7-5-13(21(19)35)14-6-8-16-20(22(14)36)26(40)30(44)18(34)10-12(2)24(38)32(30,48-16)28(42)46-4/h5-8,11-12,23-24,35-38,43-44H,9-10H2,1-4H3/t11-,12-,23+,24+,29?,30?,31+,32+/m1/s1. The number of Topliss-reactive ketones (excluding diaryl/α,β-unsaturated/α-hetero) is 4. The molecule has 0 amide bonds. The molecule has 0 saturated heterocycles. The van der Waals surface area contributed by atoms with Crippen LogP contribution in [0.4, 0.5) is 0 Å². The number of aromatic hydroxyl groups is 2. The third-order valence-corrected chi connectivity index (χ3v) is 10.0. The molecule has 2 unspecified atom stereocenters. The highest BCUT2D eigenvalue weighted by Gasteiger charge is 2.78. The molecule has 0 spiro atoms. The van der Waals surface area contributed by atoms with Crippen molar-refractivity contribution in [1.29, 1.82) is 0 Å². The summed E-state index contributed by atoms with van der Waals surface area (Å²) in [6.07, 6.45) is -4.96. The number of hydrogen-bond donors (Lipinski definition) is 6. The van der Waals surface area contributed by atoms with E-state index < -0.39 is 140 Å². The van der Waals surface area contributed by atoms with E-state index in [1.807, 2.05) is 0 Å². The number of aliphatic hydroxyl groups excluding tert-OH is 2. The second-order valence-electron chi connectivity index (χ2n) is 12.5. The number of aliphatic hydroxyl groups is 4. The highest BCUT2D eigenvalue weighted by atomic mass is 16.6. The van der Waals surface area contributed by atoms with Gasteiger partial charge in [0.25, 0.3) is 11.2 Å². The predicted octanol–water partition coefficient (Wildman–Crippen LogP) is -0.860. The molecular formula is C32H30O16. The second kappa shape index (κ2) is 10.3. The van der Waals surface area contributed by atoms with Gasteiger partial charge in [0.1, 0.15) is 46.3 Å². The lowest BCUT2D eigenvalue weighted by Gasteiger charge is -2.52. The van der Waals surface area contributed by atoms with Crippen molar-refractivity contribution in [3.8, 4) is 34.1 Å². The normalized spacial score (nSPS) is 35.2. The van der Waals surface area contributed by atoms with Crippen molar-refractivity contribution in [3.05, 3.63) is 35.4 Å². The number of esters is 2. The zero-order valence-corrected chi connectivity index (χ0v) is 25.8. The Morgan fingerprint density at radius 1 is 0.688 bits per heavy atom. The summed E-state index contributed by atoms with van der Waals surface area (Å²) in [6.45, 7) is 2.77. The number of ketones is 4. The summed E-state index contributed by atoms with van der Waals surface area (Å²) >= 11 is 0. The van der Waals surface area contributed by atoms with Gasteiger partial charge in [-0.05, 0) is 36.1 Å². The molecule has 4 aliphatic rings. The highest BCUT2D eigenvalue weighted by molar-refractivity contribution is 6.27. The van der Waals surface area contributed by atoms with E-state index in [9.17, 15) is 59.4 Å². The van der Waals surface area contributed by atoms with Gasteiger partial charge in [0, 0.05) is 24.0 Å². The molecule has 2 fully saturated rings. The van der Waals surface area contributed by atoms with E-state index in [2.05, 4.69) is 0 Å². The van der Waals surface area contributed by atoms with E-state index in [0.717, 1.165) is 38.5 Å². The largest absolute Gasteiger partial charge is 0.506 e. The first-order chi connectivity index (χ1) is 22.4. The van der Waals surface area contributed by atoms with Gasteiger partial charge in [-0.25, -0.2) is 9.59 Å². The van der Waals surface area contributed by atoms with Crippen LogP contribution < -0.4 is 9.47 Å². The fourth-order valence-electron chi connectivity index (χ4n) is 7.43. The summed E-state index contributed by atoms with van der Waals surface area (Å²) in [7, 11) is 1.77. The molecule has 2 heterocycles. The van der Waals surface area contributed by atoms with Crippen molar-refractivity contribution in [2.75, 3.05) is 14.2 Å². The van der Waals surface area contributed by atoms with Crippen LogP contribution >= 0.6 is 0 Å². The number of phenolic OH excluding ortho intramolecular Hbond substituents is 2. The van der Waals surface area contributed by atoms with Crippen LogP contribution in [0.25, 0.3) is 11.1 Å². The maximum atomic E-state index is 14.0. The molecule has 6 rings (SSSR count). The average molecular weight is 671 g/mol. The topological polar surface area (TPSA) is 261 Å². The minimum absolute atomic E-state index is 0.412. The van der Waals surface area contributed by atoms with Crippen LogP contribution in [0.2, 0.25) is 0 Å². The van der Waals surface area contributed by atoms with E-state index >= 15 is 0 Å². The van der Waals surface area contributed by atoms with Gasteiger partial charge in [-0.1, -0.05) is 13.8 Å². The number of hydrogen-bond acceptors (Lipinski definition) is 16. The fraction of sp³-hybridized carbons (Fsp3) is 0.438. The van der Waals surface area contributed by atoms with Gasteiger partial charge in [0.2, 0.25) is 22.8 Å². The molecule has 48 heavy (non-hydrogen) atoms. The molecule has 0 bridgehead atoms. The molecule has 16 nitrogen and oxygen atoms in total. The zero-order chi connectivity index (χ0) is 35.5. The van der Waals surface area contributed by atoms with E-state index in [1.165, 1.54) is 13.8 Å². The first kappa shape index (κ1) is 33.0. The molecule has 254 valence electrons. The fourth-order valence-corrected chi connectivity index (χ4v) is 7.43. The Bertz CT molecular complexity index is 1730. The number of carbonyl (C=O) groups is 6. The van der Waals surface area contributed by atoms with Crippen LogP contribution in [0.15, 0.2) is 24.3 Å². The first-order valence-electron chi connectivity index (χ1n) is 14.7. The van der Waals surface area contributed by atoms with E-state index in [4.69, 9.17) is 18.9 Å². The Labute approximate surface area is 270 Å². The number of benzene rings is 2. The van der Waals surface area contributed by atoms with Crippen LogP contribution in [0.3, 0.4) is 0 Å². The number of fused-ring (bicyclic) bond motifs is 4. The lowest BCUT2D eigenvalue weighted by Crippen LogP contribution is -2.80.